The van der Waals surface area contributed by atoms with Gasteiger partial charge in [0.25, 0.3) is 5.91 Å². The Balaban J connectivity index is 1.28. The van der Waals surface area contributed by atoms with Crippen LogP contribution in [0.4, 0.5) is 5.69 Å². The van der Waals surface area contributed by atoms with Gasteiger partial charge in [0.05, 0.1) is 19.8 Å². The van der Waals surface area contributed by atoms with E-state index in [1.165, 1.54) is 25.3 Å². The predicted molar refractivity (Wildman–Crippen MR) is 152 cm³/mol. The highest BCUT2D eigenvalue weighted by atomic mass is 16.5. The summed E-state index contributed by atoms with van der Waals surface area (Å²) in [5.41, 5.74) is 2.96. The van der Waals surface area contributed by atoms with Crippen LogP contribution in [0.5, 0.6) is 17.2 Å². The molecule has 0 aromatic heterocycles. The Hall–Kier alpha value is -3.56. The van der Waals surface area contributed by atoms with Gasteiger partial charge < -0.3 is 29.9 Å². The molecule has 2 amide bonds. The SMILES string of the molecule is Cc1c(O)cc(O)c(C(=O)N2Cc3cccc(NC(=O)/C=C/CN4CCOCC4)c3C2)c1OCC1CCCCC1. The van der Waals surface area contributed by atoms with E-state index >= 15 is 0 Å². The van der Waals surface area contributed by atoms with Crippen molar-refractivity contribution in [3.05, 3.63) is 58.7 Å². The minimum Gasteiger partial charge on any atom is -0.507 e. The minimum atomic E-state index is -0.377. The predicted octanol–water partition coefficient (Wildman–Crippen LogP) is 4.35. The third-order valence-corrected chi connectivity index (χ3v) is 8.15. The van der Waals surface area contributed by atoms with E-state index in [2.05, 4.69) is 10.2 Å². The first-order valence-electron chi connectivity index (χ1n) is 14.3. The van der Waals surface area contributed by atoms with Gasteiger partial charge >= 0.3 is 0 Å². The Labute approximate surface area is 235 Å². The summed E-state index contributed by atoms with van der Waals surface area (Å²) in [5, 5.41) is 24.1. The molecule has 0 spiro atoms. The van der Waals surface area contributed by atoms with Crippen molar-refractivity contribution in [3.63, 3.8) is 0 Å². The number of hydrogen-bond donors (Lipinski definition) is 3. The molecule has 2 aromatic carbocycles. The zero-order chi connectivity index (χ0) is 28.1. The van der Waals surface area contributed by atoms with Crippen molar-refractivity contribution >= 4 is 17.5 Å². The first kappa shape index (κ1) is 28.0. The van der Waals surface area contributed by atoms with Crippen LogP contribution in [0.1, 0.15) is 59.2 Å². The van der Waals surface area contributed by atoms with Crippen molar-refractivity contribution < 1.29 is 29.3 Å². The number of phenols is 2. The lowest BCUT2D eigenvalue weighted by Gasteiger charge is -2.25. The molecule has 2 heterocycles. The number of phenolic OH excluding ortho intramolecular Hbond substituents is 2. The highest BCUT2D eigenvalue weighted by molar-refractivity contribution is 6.02. The second-order valence-electron chi connectivity index (χ2n) is 11.0. The Morgan fingerprint density at radius 2 is 1.88 bits per heavy atom. The number of carbonyl (C=O) groups is 2. The lowest BCUT2D eigenvalue weighted by Crippen LogP contribution is -2.36. The van der Waals surface area contributed by atoms with Gasteiger partial charge in [-0.1, -0.05) is 37.5 Å². The maximum absolute atomic E-state index is 13.8. The van der Waals surface area contributed by atoms with E-state index in [9.17, 15) is 19.8 Å². The van der Waals surface area contributed by atoms with Crippen molar-refractivity contribution in [1.82, 2.24) is 9.80 Å². The fraction of sp³-hybridized carbons (Fsp3) is 0.484. The Kier molecular flexibility index (Phi) is 8.91. The molecule has 40 heavy (non-hydrogen) atoms. The number of anilines is 1. The van der Waals surface area contributed by atoms with Crippen LogP contribution in [0.2, 0.25) is 0 Å². The van der Waals surface area contributed by atoms with Crippen molar-refractivity contribution in [2.75, 3.05) is 44.8 Å². The lowest BCUT2D eigenvalue weighted by molar-refractivity contribution is -0.111. The molecule has 2 aliphatic heterocycles. The van der Waals surface area contributed by atoms with E-state index in [0.717, 1.165) is 37.1 Å². The maximum Gasteiger partial charge on any atom is 0.262 e. The summed E-state index contributed by atoms with van der Waals surface area (Å²) < 4.78 is 11.5. The summed E-state index contributed by atoms with van der Waals surface area (Å²) in [6, 6.07) is 6.84. The molecular weight excluding hydrogens is 510 g/mol. The van der Waals surface area contributed by atoms with Gasteiger partial charge in [-0.3, -0.25) is 14.5 Å². The van der Waals surface area contributed by atoms with Crippen LogP contribution >= 0.6 is 0 Å². The molecule has 3 aliphatic rings. The third kappa shape index (κ3) is 6.42. The molecule has 1 aliphatic carbocycles. The lowest BCUT2D eigenvalue weighted by atomic mass is 9.90. The molecule has 1 saturated carbocycles. The molecule has 2 fully saturated rings. The summed E-state index contributed by atoms with van der Waals surface area (Å²) in [5.74, 6) is -0.380. The van der Waals surface area contributed by atoms with Crippen LogP contribution in [0.3, 0.4) is 0 Å². The Morgan fingerprint density at radius 1 is 1.10 bits per heavy atom. The summed E-state index contributed by atoms with van der Waals surface area (Å²) >= 11 is 0. The highest BCUT2D eigenvalue weighted by Crippen LogP contribution is 2.41. The van der Waals surface area contributed by atoms with E-state index in [1.807, 2.05) is 24.3 Å². The molecule has 9 heteroatoms. The monoisotopic (exact) mass is 549 g/mol. The minimum absolute atomic E-state index is 0.0653. The first-order valence-corrected chi connectivity index (χ1v) is 14.3. The van der Waals surface area contributed by atoms with E-state index < -0.39 is 0 Å². The standard InChI is InChI=1S/C31H39N3O6/c1-21-26(35)17-27(36)29(30(21)40-20-22-7-3-2-4-8-22)31(38)34-18-23-9-5-10-25(24(23)19-34)32-28(37)11-6-12-33-13-15-39-16-14-33/h5-6,9-11,17,22,35-36H,2-4,7-8,12-16,18-20H2,1H3,(H,32,37)/b11-6+. The Morgan fingerprint density at radius 3 is 2.65 bits per heavy atom. The normalized spacial score (nSPS) is 18.2. The largest absolute Gasteiger partial charge is 0.507 e. The highest BCUT2D eigenvalue weighted by Gasteiger charge is 2.32. The quantitative estimate of drug-likeness (QED) is 0.420. The Bertz CT molecular complexity index is 1260. The number of morpholine rings is 1. The summed E-state index contributed by atoms with van der Waals surface area (Å²) in [6.45, 7) is 6.57. The molecule has 0 unspecified atom stereocenters. The smallest absolute Gasteiger partial charge is 0.262 e. The fourth-order valence-corrected chi connectivity index (χ4v) is 5.78. The van der Waals surface area contributed by atoms with Gasteiger partial charge in [0, 0.05) is 61.7 Å². The second-order valence-corrected chi connectivity index (χ2v) is 11.0. The summed E-state index contributed by atoms with van der Waals surface area (Å²) in [6.07, 6.45) is 9.10. The van der Waals surface area contributed by atoms with E-state index in [0.29, 0.717) is 50.1 Å². The number of benzene rings is 2. The zero-order valence-electron chi connectivity index (χ0n) is 23.2. The maximum atomic E-state index is 13.8. The van der Waals surface area contributed by atoms with Crippen LogP contribution in [0, 0.1) is 12.8 Å². The fourth-order valence-electron chi connectivity index (χ4n) is 5.78. The molecule has 0 radical (unpaired) electrons. The van der Waals surface area contributed by atoms with Gasteiger partial charge in [0.2, 0.25) is 5.91 Å². The van der Waals surface area contributed by atoms with Crippen molar-refractivity contribution in [2.45, 2.75) is 52.1 Å². The molecule has 0 atom stereocenters. The molecule has 1 saturated heterocycles. The molecule has 0 bridgehead atoms. The first-order chi connectivity index (χ1) is 19.4. The number of fused-ring (bicyclic) bond motifs is 1. The zero-order valence-corrected chi connectivity index (χ0v) is 23.2. The average Bonchev–Trinajstić information content (AvgIpc) is 3.41. The van der Waals surface area contributed by atoms with Crippen LogP contribution in [-0.4, -0.2) is 71.3 Å². The van der Waals surface area contributed by atoms with Crippen LogP contribution in [0.15, 0.2) is 36.4 Å². The van der Waals surface area contributed by atoms with Gasteiger partial charge in [-0.25, -0.2) is 0 Å². The van der Waals surface area contributed by atoms with Gasteiger partial charge in [-0.15, -0.1) is 0 Å². The number of amides is 2. The average molecular weight is 550 g/mol. The molecule has 3 N–H and O–H groups in total. The molecule has 214 valence electrons. The molecular formula is C31H39N3O6. The third-order valence-electron chi connectivity index (χ3n) is 8.15. The molecule has 5 rings (SSSR count). The van der Waals surface area contributed by atoms with Gasteiger partial charge in [-0.05, 0) is 37.3 Å². The number of nitrogens with one attached hydrogen (secondary N) is 1. The molecule has 9 nitrogen and oxygen atoms in total. The van der Waals surface area contributed by atoms with Gasteiger partial charge in [-0.2, -0.15) is 0 Å². The second kappa shape index (κ2) is 12.7. The van der Waals surface area contributed by atoms with Crippen LogP contribution < -0.4 is 10.1 Å². The number of aromatic hydroxyl groups is 2. The van der Waals surface area contributed by atoms with Crippen LogP contribution in [-0.2, 0) is 22.6 Å². The number of carbonyl (C=O) groups excluding carboxylic acids is 2. The number of ether oxygens (including phenoxy) is 2. The van der Waals surface area contributed by atoms with Gasteiger partial charge in [0.1, 0.15) is 22.8 Å². The molecule has 2 aromatic rings. The summed E-state index contributed by atoms with van der Waals surface area (Å²) in [4.78, 5) is 30.3. The van der Waals surface area contributed by atoms with E-state index in [-0.39, 0.29) is 41.2 Å². The number of hydrogen-bond acceptors (Lipinski definition) is 7. The summed E-state index contributed by atoms with van der Waals surface area (Å²) in [7, 11) is 0. The van der Waals surface area contributed by atoms with Crippen molar-refractivity contribution in [1.29, 1.82) is 0 Å². The van der Waals surface area contributed by atoms with E-state index in [4.69, 9.17) is 9.47 Å². The van der Waals surface area contributed by atoms with Gasteiger partial charge in [0.15, 0.2) is 0 Å². The van der Waals surface area contributed by atoms with Crippen molar-refractivity contribution in [3.8, 4) is 17.2 Å². The number of rotatable bonds is 8. The van der Waals surface area contributed by atoms with E-state index in [1.54, 1.807) is 17.9 Å². The van der Waals surface area contributed by atoms with Crippen molar-refractivity contribution in [2.24, 2.45) is 5.92 Å². The number of nitrogens with zero attached hydrogens (tertiary/aromatic N) is 2. The van der Waals surface area contributed by atoms with Crippen LogP contribution in [0.25, 0.3) is 0 Å². The topological polar surface area (TPSA) is 112 Å².